The maximum absolute atomic E-state index is 6.38. The van der Waals surface area contributed by atoms with Gasteiger partial charge < -0.3 is 4.74 Å². The van der Waals surface area contributed by atoms with Gasteiger partial charge in [0.1, 0.15) is 11.3 Å². The van der Waals surface area contributed by atoms with E-state index in [0.717, 1.165) is 24.4 Å². The zero-order chi connectivity index (χ0) is 13.9. The molecule has 1 unspecified atom stereocenters. The van der Waals surface area contributed by atoms with Crippen LogP contribution in [-0.2, 0) is 17.6 Å². The van der Waals surface area contributed by atoms with Crippen LogP contribution in [-0.4, -0.2) is 17.1 Å². The lowest BCUT2D eigenvalue weighted by Gasteiger charge is -2.29. The first-order valence-electron chi connectivity index (χ1n) is 7.87. The smallest absolute Gasteiger partial charge is 0.159 e. The van der Waals surface area contributed by atoms with E-state index in [1.54, 1.807) is 7.11 Å². The second-order valence-corrected chi connectivity index (χ2v) is 6.42. The predicted molar refractivity (Wildman–Crippen MR) is 80.0 cm³/mol. The van der Waals surface area contributed by atoms with Gasteiger partial charge in [-0.2, -0.15) is 0 Å². The zero-order valence-corrected chi connectivity index (χ0v) is 13.0. The van der Waals surface area contributed by atoms with Gasteiger partial charge in [-0.1, -0.05) is 30.9 Å². The number of halogens is 1. The van der Waals surface area contributed by atoms with Crippen LogP contribution >= 0.6 is 11.6 Å². The largest absolute Gasteiger partial charge is 0.373 e. The van der Waals surface area contributed by atoms with Gasteiger partial charge in [0.05, 0.1) is 0 Å². The van der Waals surface area contributed by atoms with Crippen molar-refractivity contribution < 1.29 is 4.74 Å². The minimum absolute atomic E-state index is 0.0139. The summed E-state index contributed by atoms with van der Waals surface area (Å²) in [5, 5.41) is 0.655. The van der Waals surface area contributed by atoms with Crippen LogP contribution in [0.3, 0.4) is 0 Å². The average molecular weight is 295 g/mol. The standard InChI is InChI=1S/C16H23ClN2O/c1-20-14(11-7-3-2-4-8-11)16-18-13-10-6-5-9-12(13)15(17)19-16/h11,14H,2-10H2,1H3. The lowest BCUT2D eigenvalue weighted by Crippen LogP contribution is -2.22. The first-order valence-corrected chi connectivity index (χ1v) is 8.25. The molecular weight excluding hydrogens is 272 g/mol. The molecule has 2 aliphatic rings. The lowest BCUT2D eigenvalue weighted by atomic mass is 9.84. The molecule has 1 heterocycles. The van der Waals surface area contributed by atoms with Crippen LogP contribution in [0.4, 0.5) is 0 Å². The topological polar surface area (TPSA) is 35.0 Å². The van der Waals surface area contributed by atoms with Crippen LogP contribution in [0.1, 0.15) is 68.1 Å². The predicted octanol–water partition coefficient (Wildman–Crippen LogP) is 4.28. The van der Waals surface area contributed by atoms with Crippen molar-refractivity contribution in [1.82, 2.24) is 9.97 Å². The van der Waals surface area contributed by atoms with E-state index in [1.165, 1.54) is 50.5 Å². The van der Waals surface area contributed by atoms with Crippen LogP contribution in [0.15, 0.2) is 0 Å². The molecule has 0 aliphatic heterocycles. The Morgan fingerprint density at radius 1 is 1.05 bits per heavy atom. The molecular formula is C16H23ClN2O. The number of rotatable bonds is 3. The van der Waals surface area contributed by atoms with E-state index in [0.29, 0.717) is 11.1 Å². The van der Waals surface area contributed by atoms with Gasteiger partial charge in [0.15, 0.2) is 5.82 Å². The zero-order valence-electron chi connectivity index (χ0n) is 12.2. The first-order chi connectivity index (χ1) is 9.79. The number of hydrogen-bond donors (Lipinski definition) is 0. The molecule has 0 N–H and O–H groups in total. The minimum atomic E-state index is 0.0139. The molecule has 4 heteroatoms. The molecule has 20 heavy (non-hydrogen) atoms. The highest BCUT2D eigenvalue weighted by Gasteiger charge is 2.29. The summed E-state index contributed by atoms with van der Waals surface area (Å²) < 4.78 is 5.74. The number of fused-ring (bicyclic) bond motifs is 1. The van der Waals surface area contributed by atoms with Crippen molar-refractivity contribution in [1.29, 1.82) is 0 Å². The number of aryl methyl sites for hydroxylation is 1. The summed E-state index contributed by atoms with van der Waals surface area (Å²) in [4.78, 5) is 9.36. The molecule has 3 nitrogen and oxygen atoms in total. The first kappa shape index (κ1) is 14.3. The van der Waals surface area contributed by atoms with Crippen molar-refractivity contribution in [2.45, 2.75) is 63.9 Å². The molecule has 110 valence electrons. The Morgan fingerprint density at radius 3 is 2.55 bits per heavy atom. The maximum atomic E-state index is 6.38. The van der Waals surface area contributed by atoms with Crippen LogP contribution in [0.25, 0.3) is 0 Å². The van der Waals surface area contributed by atoms with Gasteiger partial charge in [-0.3, -0.25) is 0 Å². The molecule has 3 rings (SSSR count). The van der Waals surface area contributed by atoms with E-state index in [2.05, 4.69) is 4.98 Å². The fourth-order valence-corrected chi connectivity index (χ4v) is 3.93. The lowest BCUT2D eigenvalue weighted by molar-refractivity contribution is 0.0287. The second-order valence-electron chi connectivity index (χ2n) is 6.06. The van der Waals surface area contributed by atoms with Gasteiger partial charge in [-0.15, -0.1) is 0 Å². The molecule has 0 radical (unpaired) electrons. The summed E-state index contributed by atoms with van der Waals surface area (Å²) in [6.45, 7) is 0. The molecule has 1 saturated carbocycles. The molecule has 0 saturated heterocycles. The second kappa shape index (κ2) is 6.40. The summed E-state index contributed by atoms with van der Waals surface area (Å²) in [5.41, 5.74) is 2.32. The van der Waals surface area contributed by atoms with E-state index < -0.39 is 0 Å². The SMILES string of the molecule is COC(c1nc(Cl)c2c(n1)CCCC2)C1CCCCC1. The van der Waals surface area contributed by atoms with E-state index in [1.807, 2.05) is 0 Å². The summed E-state index contributed by atoms with van der Waals surface area (Å²) in [7, 11) is 1.77. The molecule has 0 bridgehead atoms. The maximum Gasteiger partial charge on any atom is 0.159 e. The van der Waals surface area contributed by atoms with Crippen LogP contribution in [0.2, 0.25) is 5.15 Å². The number of nitrogens with zero attached hydrogens (tertiary/aromatic N) is 2. The third-order valence-corrected chi connectivity index (χ3v) is 5.05. The molecule has 1 fully saturated rings. The van der Waals surface area contributed by atoms with Crippen molar-refractivity contribution >= 4 is 11.6 Å². The van der Waals surface area contributed by atoms with Crippen LogP contribution in [0, 0.1) is 5.92 Å². The number of ether oxygens (including phenoxy) is 1. The summed E-state index contributed by atoms with van der Waals surface area (Å²) >= 11 is 6.38. The monoisotopic (exact) mass is 294 g/mol. The van der Waals surface area contributed by atoms with Gasteiger partial charge >= 0.3 is 0 Å². The Kier molecular flexibility index (Phi) is 4.57. The quantitative estimate of drug-likeness (QED) is 0.781. The third kappa shape index (κ3) is 2.84. The van der Waals surface area contributed by atoms with Gasteiger partial charge in [-0.25, -0.2) is 9.97 Å². The average Bonchev–Trinajstić information content (AvgIpc) is 2.49. The fraction of sp³-hybridized carbons (Fsp3) is 0.750. The Labute approximate surface area is 126 Å². The summed E-state index contributed by atoms with van der Waals surface area (Å²) in [6, 6.07) is 0. The molecule has 0 aromatic carbocycles. The molecule has 1 aromatic rings. The highest BCUT2D eigenvalue weighted by atomic mass is 35.5. The van der Waals surface area contributed by atoms with E-state index in [-0.39, 0.29) is 6.10 Å². The molecule has 1 atom stereocenters. The minimum Gasteiger partial charge on any atom is -0.373 e. The molecule has 0 amide bonds. The van der Waals surface area contributed by atoms with Crippen molar-refractivity contribution in [3.8, 4) is 0 Å². The molecule has 1 aromatic heterocycles. The summed E-state index contributed by atoms with van der Waals surface area (Å²) in [5.74, 6) is 1.36. The molecule has 0 spiro atoms. The Hall–Kier alpha value is -0.670. The van der Waals surface area contributed by atoms with Crippen LogP contribution < -0.4 is 0 Å². The van der Waals surface area contributed by atoms with Crippen molar-refractivity contribution in [3.05, 3.63) is 22.2 Å². The van der Waals surface area contributed by atoms with Gasteiger partial charge in [0.2, 0.25) is 0 Å². The van der Waals surface area contributed by atoms with Crippen LogP contribution in [0.5, 0.6) is 0 Å². The Morgan fingerprint density at radius 2 is 1.80 bits per heavy atom. The number of methoxy groups -OCH3 is 1. The number of hydrogen-bond acceptors (Lipinski definition) is 3. The Bertz CT molecular complexity index is 472. The van der Waals surface area contributed by atoms with Crippen molar-refractivity contribution in [3.63, 3.8) is 0 Å². The van der Waals surface area contributed by atoms with Crippen molar-refractivity contribution in [2.24, 2.45) is 5.92 Å². The highest BCUT2D eigenvalue weighted by molar-refractivity contribution is 6.30. The normalized spacial score (nSPS) is 21.5. The highest BCUT2D eigenvalue weighted by Crippen LogP contribution is 2.36. The summed E-state index contributed by atoms with van der Waals surface area (Å²) in [6.07, 6.45) is 10.9. The fourth-order valence-electron chi connectivity index (χ4n) is 3.64. The molecule has 2 aliphatic carbocycles. The van der Waals surface area contributed by atoms with Crippen molar-refractivity contribution in [2.75, 3.05) is 7.11 Å². The third-order valence-electron chi connectivity index (χ3n) is 4.74. The van der Waals surface area contributed by atoms with E-state index in [9.17, 15) is 0 Å². The van der Waals surface area contributed by atoms with Gasteiger partial charge in [-0.05, 0) is 44.4 Å². The Balaban J connectivity index is 1.89. The number of aromatic nitrogens is 2. The van der Waals surface area contributed by atoms with E-state index in [4.69, 9.17) is 21.3 Å². The van der Waals surface area contributed by atoms with Gasteiger partial charge in [0.25, 0.3) is 0 Å². The van der Waals surface area contributed by atoms with E-state index >= 15 is 0 Å². The van der Waals surface area contributed by atoms with Gasteiger partial charge in [0, 0.05) is 18.4 Å².